The molecule has 15 heavy (non-hydrogen) atoms. The second-order valence-electron chi connectivity index (χ2n) is 3.40. The van der Waals surface area contributed by atoms with Crippen molar-refractivity contribution in [3.05, 3.63) is 38.9 Å². The Morgan fingerprint density at radius 2 is 1.53 bits per heavy atom. The lowest BCUT2D eigenvalue weighted by molar-refractivity contribution is 0.475. The Hall–Kier alpha value is -2.04. The van der Waals surface area contributed by atoms with Crippen molar-refractivity contribution in [3.63, 3.8) is 0 Å². The molecule has 1 heterocycles. The summed E-state index contributed by atoms with van der Waals surface area (Å²) in [5, 5.41) is 9.30. The first-order chi connectivity index (χ1) is 7.02. The Kier molecular flexibility index (Phi) is 1.89. The molecule has 0 fully saturated rings. The van der Waals surface area contributed by atoms with Gasteiger partial charge >= 0.3 is 11.1 Å². The molecule has 0 saturated carbocycles. The minimum Gasteiger partial charge on any atom is -0.508 e. The van der Waals surface area contributed by atoms with Gasteiger partial charge in [-0.1, -0.05) is 0 Å². The zero-order valence-corrected chi connectivity index (χ0v) is 8.39. The number of aromatic nitrogens is 2. The number of benzene rings is 1. The number of fused-ring (bicyclic) bond motifs is 1. The SMILES string of the molecule is Cn1c(=O)c(=O)n(C)c2cc(O)ccc21. The molecular weight excluding hydrogens is 196 g/mol. The zero-order chi connectivity index (χ0) is 11.2. The van der Waals surface area contributed by atoms with Gasteiger partial charge in [-0.15, -0.1) is 0 Å². The summed E-state index contributed by atoms with van der Waals surface area (Å²) < 4.78 is 2.51. The van der Waals surface area contributed by atoms with Crippen LogP contribution in [0, 0.1) is 0 Å². The third-order valence-corrected chi connectivity index (χ3v) is 2.47. The molecular formula is C10H10N2O3. The zero-order valence-electron chi connectivity index (χ0n) is 8.39. The van der Waals surface area contributed by atoms with E-state index in [-0.39, 0.29) is 5.75 Å². The van der Waals surface area contributed by atoms with Crippen LogP contribution in [0.15, 0.2) is 27.8 Å². The van der Waals surface area contributed by atoms with Crippen LogP contribution in [0.5, 0.6) is 5.75 Å². The van der Waals surface area contributed by atoms with Crippen molar-refractivity contribution in [3.8, 4) is 5.75 Å². The number of phenols is 1. The molecule has 0 aliphatic carbocycles. The van der Waals surface area contributed by atoms with E-state index >= 15 is 0 Å². The fraction of sp³-hybridized carbons (Fsp3) is 0.200. The molecule has 0 radical (unpaired) electrons. The minimum atomic E-state index is -0.601. The molecule has 5 nitrogen and oxygen atoms in total. The average Bonchev–Trinajstić information content (AvgIpc) is 2.23. The van der Waals surface area contributed by atoms with E-state index in [4.69, 9.17) is 0 Å². The first kappa shape index (κ1) is 9.51. The van der Waals surface area contributed by atoms with Crippen molar-refractivity contribution in [1.82, 2.24) is 9.13 Å². The Morgan fingerprint density at radius 1 is 1.00 bits per heavy atom. The second kappa shape index (κ2) is 2.98. The fourth-order valence-corrected chi connectivity index (χ4v) is 1.57. The number of nitrogens with zero attached hydrogens (tertiary/aromatic N) is 2. The molecule has 1 aromatic heterocycles. The van der Waals surface area contributed by atoms with Crippen LogP contribution >= 0.6 is 0 Å². The van der Waals surface area contributed by atoms with Gasteiger partial charge in [0.05, 0.1) is 11.0 Å². The molecule has 0 aliphatic heterocycles. The summed E-state index contributed by atoms with van der Waals surface area (Å²) >= 11 is 0. The van der Waals surface area contributed by atoms with Gasteiger partial charge in [0.15, 0.2) is 0 Å². The lowest BCUT2D eigenvalue weighted by Crippen LogP contribution is -2.39. The van der Waals surface area contributed by atoms with Gasteiger partial charge in [-0.25, -0.2) is 0 Å². The first-order valence-corrected chi connectivity index (χ1v) is 4.41. The minimum absolute atomic E-state index is 0.0659. The van der Waals surface area contributed by atoms with Crippen molar-refractivity contribution < 1.29 is 5.11 Å². The van der Waals surface area contributed by atoms with Crippen molar-refractivity contribution in [2.24, 2.45) is 14.1 Å². The van der Waals surface area contributed by atoms with Crippen LogP contribution in [0.25, 0.3) is 11.0 Å². The van der Waals surface area contributed by atoms with Crippen molar-refractivity contribution in [2.75, 3.05) is 0 Å². The number of hydrogen-bond acceptors (Lipinski definition) is 3. The highest BCUT2D eigenvalue weighted by atomic mass is 16.3. The van der Waals surface area contributed by atoms with E-state index in [1.165, 1.54) is 35.4 Å². The van der Waals surface area contributed by atoms with E-state index in [1.54, 1.807) is 6.07 Å². The lowest BCUT2D eigenvalue weighted by Gasteiger charge is -2.08. The third-order valence-electron chi connectivity index (χ3n) is 2.47. The molecule has 0 saturated heterocycles. The van der Waals surface area contributed by atoms with Crippen LogP contribution < -0.4 is 11.1 Å². The van der Waals surface area contributed by atoms with Crippen LogP contribution in [0.4, 0.5) is 0 Å². The van der Waals surface area contributed by atoms with Gasteiger partial charge in [-0.05, 0) is 12.1 Å². The molecule has 2 aromatic rings. The summed E-state index contributed by atoms with van der Waals surface area (Å²) in [7, 11) is 3.04. The first-order valence-electron chi connectivity index (χ1n) is 4.41. The molecule has 0 aliphatic rings. The molecule has 78 valence electrons. The maximum Gasteiger partial charge on any atom is 0.316 e. The van der Waals surface area contributed by atoms with Gasteiger partial charge in [0.25, 0.3) is 0 Å². The molecule has 0 bridgehead atoms. The summed E-state index contributed by atoms with van der Waals surface area (Å²) in [4.78, 5) is 22.9. The van der Waals surface area contributed by atoms with E-state index < -0.39 is 11.1 Å². The van der Waals surface area contributed by atoms with E-state index in [0.717, 1.165) is 0 Å². The fourth-order valence-electron chi connectivity index (χ4n) is 1.57. The standard InChI is InChI=1S/C10H10N2O3/c1-11-7-4-3-6(13)5-8(7)12(2)10(15)9(11)14/h3-5,13H,1-2H3. The Morgan fingerprint density at radius 3 is 2.13 bits per heavy atom. The highest BCUT2D eigenvalue weighted by Crippen LogP contribution is 2.16. The molecule has 2 rings (SSSR count). The lowest BCUT2D eigenvalue weighted by atomic mass is 10.2. The largest absolute Gasteiger partial charge is 0.508 e. The number of aromatic hydroxyl groups is 1. The highest BCUT2D eigenvalue weighted by molar-refractivity contribution is 5.76. The summed E-state index contributed by atoms with van der Waals surface area (Å²) in [5.74, 6) is 0.0659. The van der Waals surface area contributed by atoms with Crippen molar-refractivity contribution in [1.29, 1.82) is 0 Å². The molecule has 0 amide bonds. The molecule has 1 N–H and O–H groups in total. The third kappa shape index (κ3) is 1.24. The van der Waals surface area contributed by atoms with E-state index in [2.05, 4.69) is 0 Å². The van der Waals surface area contributed by atoms with Crippen LogP contribution in [0.2, 0.25) is 0 Å². The number of aryl methyl sites for hydroxylation is 2. The molecule has 0 atom stereocenters. The average molecular weight is 206 g/mol. The number of phenolic OH excluding ortho intramolecular Hbond substituents is 1. The molecule has 1 aromatic carbocycles. The number of rotatable bonds is 0. The summed E-state index contributed by atoms with van der Waals surface area (Å²) in [6.45, 7) is 0. The van der Waals surface area contributed by atoms with Crippen LogP contribution in [-0.4, -0.2) is 14.2 Å². The van der Waals surface area contributed by atoms with Gasteiger partial charge in [0.1, 0.15) is 5.75 Å². The van der Waals surface area contributed by atoms with Crippen LogP contribution in [-0.2, 0) is 14.1 Å². The van der Waals surface area contributed by atoms with Gasteiger partial charge in [-0.3, -0.25) is 9.59 Å². The molecule has 5 heteroatoms. The quantitative estimate of drug-likeness (QED) is 0.614. The summed E-state index contributed by atoms with van der Waals surface area (Å²) in [6.07, 6.45) is 0. The van der Waals surface area contributed by atoms with Gasteiger partial charge in [0.2, 0.25) is 0 Å². The Balaban J connectivity index is 3.15. The van der Waals surface area contributed by atoms with Crippen LogP contribution in [0.3, 0.4) is 0 Å². The van der Waals surface area contributed by atoms with Crippen molar-refractivity contribution >= 4 is 11.0 Å². The monoisotopic (exact) mass is 206 g/mol. The normalized spacial score (nSPS) is 10.8. The van der Waals surface area contributed by atoms with Gasteiger partial charge in [-0.2, -0.15) is 0 Å². The predicted molar refractivity (Wildman–Crippen MR) is 56.1 cm³/mol. The van der Waals surface area contributed by atoms with E-state index in [1.807, 2.05) is 0 Å². The predicted octanol–water partition coefficient (Wildman–Crippen LogP) is -0.0572. The smallest absolute Gasteiger partial charge is 0.316 e. The summed E-state index contributed by atoms with van der Waals surface area (Å²) in [6, 6.07) is 4.54. The summed E-state index contributed by atoms with van der Waals surface area (Å²) in [5.41, 5.74) is -0.0340. The Bertz CT molecular complexity index is 652. The van der Waals surface area contributed by atoms with Gasteiger partial charge < -0.3 is 14.2 Å². The van der Waals surface area contributed by atoms with E-state index in [0.29, 0.717) is 11.0 Å². The van der Waals surface area contributed by atoms with E-state index in [9.17, 15) is 14.7 Å². The highest BCUT2D eigenvalue weighted by Gasteiger charge is 2.07. The topological polar surface area (TPSA) is 64.2 Å². The maximum atomic E-state index is 11.5. The molecule has 0 spiro atoms. The van der Waals surface area contributed by atoms with Crippen molar-refractivity contribution in [2.45, 2.75) is 0 Å². The Labute approximate surface area is 84.8 Å². The second-order valence-corrected chi connectivity index (χ2v) is 3.40. The maximum absolute atomic E-state index is 11.5. The van der Waals surface area contributed by atoms with Gasteiger partial charge in [0, 0.05) is 20.2 Å². The van der Waals surface area contributed by atoms with Crippen LogP contribution in [0.1, 0.15) is 0 Å². The number of hydrogen-bond donors (Lipinski definition) is 1. The molecule has 0 unspecified atom stereocenters.